The monoisotopic (exact) mass is 306 g/mol. The lowest BCUT2D eigenvalue weighted by Gasteiger charge is -2.31. The minimum absolute atomic E-state index is 0.475. The summed E-state index contributed by atoms with van der Waals surface area (Å²) in [5.41, 5.74) is 5.20. The molecule has 1 saturated carbocycles. The number of halogens is 1. The van der Waals surface area contributed by atoms with Crippen LogP contribution in [0.1, 0.15) is 67.0 Å². The fourth-order valence-corrected chi connectivity index (χ4v) is 4.49. The highest BCUT2D eigenvalue weighted by molar-refractivity contribution is 9.09. The number of benzene rings is 1. The summed E-state index contributed by atoms with van der Waals surface area (Å²) in [6.07, 6.45) is 10.9. The molecule has 98 valence electrons. The van der Waals surface area contributed by atoms with Crippen LogP contribution in [0.15, 0.2) is 18.2 Å². The van der Waals surface area contributed by atoms with Crippen molar-refractivity contribution in [2.45, 2.75) is 63.1 Å². The average molecular weight is 307 g/mol. The maximum atomic E-state index is 4.00. The van der Waals surface area contributed by atoms with E-state index >= 15 is 0 Å². The molecule has 0 saturated heterocycles. The predicted octanol–water partition coefficient (Wildman–Crippen LogP) is 5.58. The van der Waals surface area contributed by atoms with Crippen molar-refractivity contribution in [3.63, 3.8) is 0 Å². The first-order valence-corrected chi connectivity index (χ1v) is 8.36. The van der Waals surface area contributed by atoms with Gasteiger partial charge >= 0.3 is 0 Å². The van der Waals surface area contributed by atoms with Gasteiger partial charge in [-0.2, -0.15) is 0 Å². The largest absolute Gasteiger partial charge is 0.0833 e. The summed E-state index contributed by atoms with van der Waals surface area (Å²) >= 11 is 4.00. The smallest absolute Gasteiger partial charge is 0.0449 e. The molecule has 1 unspecified atom stereocenters. The molecule has 0 heterocycles. The van der Waals surface area contributed by atoms with Gasteiger partial charge < -0.3 is 0 Å². The predicted molar refractivity (Wildman–Crippen MR) is 81.3 cm³/mol. The summed E-state index contributed by atoms with van der Waals surface area (Å²) in [7, 11) is 0. The van der Waals surface area contributed by atoms with Crippen LogP contribution in [0.25, 0.3) is 0 Å². The van der Waals surface area contributed by atoms with E-state index in [4.69, 9.17) is 0 Å². The van der Waals surface area contributed by atoms with Gasteiger partial charge in [0.05, 0.1) is 0 Å². The second-order valence-electron chi connectivity index (χ2n) is 6.46. The molecule has 0 aromatic heterocycles. The summed E-state index contributed by atoms with van der Waals surface area (Å²) in [5.74, 6) is 0. The summed E-state index contributed by atoms with van der Waals surface area (Å²) in [4.78, 5) is 0.541. The van der Waals surface area contributed by atoms with Crippen molar-refractivity contribution in [2.24, 2.45) is 5.41 Å². The SMILES string of the molecule is CC1(C(Br)c2ccc3c(c2)CCCC3)CCCC1. The zero-order valence-electron chi connectivity index (χ0n) is 11.3. The van der Waals surface area contributed by atoms with Gasteiger partial charge in [0, 0.05) is 4.83 Å². The maximum Gasteiger partial charge on any atom is 0.0449 e. The zero-order valence-corrected chi connectivity index (χ0v) is 12.9. The molecule has 0 bridgehead atoms. The summed E-state index contributed by atoms with van der Waals surface area (Å²) in [6.45, 7) is 2.46. The molecule has 1 heteroatoms. The number of hydrogen-bond acceptors (Lipinski definition) is 0. The molecule has 2 aliphatic carbocycles. The number of rotatable bonds is 2. The van der Waals surface area contributed by atoms with E-state index in [1.165, 1.54) is 56.9 Å². The Hall–Kier alpha value is -0.300. The highest BCUT2D eigenvalue weighted by Crippen LogP contribution is 2.51. The van der Waals surface area contributed by atoms with E-state index in [0.717, 1.165) is 0 Å². The van der Waals surface area contributed by atoms with E-state index < -0.39 is 0 Å². The van der Waals surface area contributed by atoms with Gasteiger partial charge in [-0.05, 0) is 60.6 Å². The minimum Gasteiger partial charge on any atom is -0.0833 e. The van der Waals surface area contributed by atoms with Crippen molar-refractivity contribution in [1.29, 1.82) is 0 Å². The van der Waals surface area contributed by atoms with Crippen LogP contribution in [0, 0.1) is 5.41 Å². The van der Waals surface area contributed by atoms with Gasteiger partial charge in [-0.1, -0.05) is 53.9 Å². The lowest BCUT2D eigenvalue weighted by Crippen LogP contribution is -2.18. The molecule has 3 rings (SSSR count). The van der Waals surface area contributed by atoms with Gasteiger partial charge in [0.25, 0.3) is 0 Å². The van der Waals surface area contributed by atoms with Crippen LogP contribution in [-0.2, 0) is 12.8 Å². The van der Waals surface area contributed by atoms with Crippen molar-refractivity contribution in [3.8, 4) is 0 Å². The van der Waals surface area contributed by atoms with Crippen molar-refractivity contribution < 1.29 is 0 Å². The average Bonchev–Trinajstić information content (AvgIpc) is 2.85. The number of fused-ring (bicyclic) bond motifs is 1. The van der Waals surface area contributed by atoms with Gasteiger partial charge in [-0.15, -0.1) is 0 Å². The van der Waals surface area contributed by atoms with Gasteiger partial charge in [-0.3, -0.25) is 0 Å². The third kappa shape index (κ3) is 2.27. The molecule has 1 aromatic rings. The third-order valence-electron chi connectivity index (χ3n) is 5.02. The molecular formula is C17H23Br. The van der Waals surface area contributed by atoms with Gasteiger partial charge in [0.1, 0.15) is 0 Å². The van der Waals surface area contributed by atoms with Crippen LogP contribution in [0.2, 0.25) is 0 Å². The Balaban J connectivity index is 1.87. The van der Waals surface area contributed by atoms with E-state index in [-0.39, 0.29) is 0 Å². The molecular weight excluding hydrogens is 284 g/mol. The van der Waals surface area contributed by atoms with Gasteiger partial charge in [-0.25, -0.2) is 0 Å². The second kappa shape index (κ2) is 5.00. The third-order valence-corrected chi connectivity index (χ3v) is 6.66. The van der Waals surface area contributed by atoms with Crippen LogP contribution < -0.4 is 0 Å². The van der Waals surface area contributed by atoms with Crippen LogP contribution in [0.5, 0.6) is 0 Å². The first kappa shape index (κ1) is 12.7. The van der Waals surface area contributed by atoms with E-state index in [2.05, 4.69) is 41.1 Å². The van der Waals surface area contributed by atoms with E-state index in [1.54, 1.807) is 11.1 Å². The van der Waals surface area contributed by atoms with Gasteiger partial charge in [0.15, 0.2) is 0 Å². The Morgan fingerprint density at radius 3 is 2.39 bits per heavy atom. The first-order valence-electron chi connectivity index (χ1n) is 7.45. The Morgan fingerprint density at radius 1 is 1.00 bits per heavy atom. The zero-order chi connectivity index (χ0) is 12.6. The lowest BCUT2D eigenvalue weighted by molar-refractivity contribution is 0.331. The molecule has 0 aliphatic heterocycles. The quantitative estimate of drug-likeness (QED) is 0.626. The van der Waals surface area contributed by atoms with Gasteiger partial charge in [0.2, 0.25) is 0 Å². The van der Waals surface area contributed by atoms with Crippen LogP contribution in [-0.4, -0.2) is 0 Å². The molecule has 2 aliphatic rings. The summed E-state index contributed by atoms with van der Waals surface area (Å²) < 4.78 is 0. The Morgan fingerprint density at radius 2 is 1.67 bits per heavy atom. The highest BCUT2D eigenvalue weighted by Gasteiger charge is 2.36. The molecule has 1 atom stereocenters. The molecule has 1 fully saturated rings. The minimum atomic E-state index is 0.475. The maximum absolute atomic E-state index is 4.00. The number of aryl methyl sites for hydroxylation is 2. The Kier molecular flexibility index (Phi) is 3.53. The molecule has 0 N–H and O–H groups in total. The van der Waals surface area contributed by atoms with E-state index in [0.29, 0.717) is 10.2 Å². The lowest BCUT2D eigenvalue weighted by atomic mass is 9.80. The van der Waals surface area contributed by atoms with Crippen molar-refractivity contribution >= 4 is 15.9 Å². The number of alkyl halides is 1. The molecule has 0 spiro atoms. The van der Waals surface area contributed by atoms with E-state index in [1.807, 2.05) is 0 Å². The van der Waals surface area contributed by atoms with Crippen LogP contribution >= 0.6 is 15.9 Å². The Bertz CT molecular complexity index is 429. The van der Waals surface area contributed by atoms with Crippen molar-refractivity contribution in [2.75, 3.05) is 0 Å². The molecule has 0 radical (unpaired) electrons. The molecule has 0 amide bonds. The van der Waals surface area contributed by atoms with E-state index in [9.17, 15) is 0 Å². The normalized spacial score (nSPS) is 23.7. The molecule has 18 heavy (non-hydrogen) atoms. The van der Waals surface area contributed by atoms with Crippen molar-refractivity contribution in [3.05, 3.63) is 34.9 Å². The fourth-order valence-electron chi connectivity index (χ4n) is 3.75. The number of hydrogen-bond donors (Lipinski definition) is 0. The molecule has 1 aromatic carbocycles. The molecule has 0 nitrogen and oxygen atoms in total. The van der Waals surface area contributed by atoms with Crippen LogP contribution in [0.4, 0.5) is 0 Å². The summed E-state index contributed by atoms with van der Waals surface area (Å²) in [6, 6.07) is 7.24. The Labute approximate surface area is 119 Å². The van der Waals surface area contributed by atoms with Crippen LogP contribution in [0.3, 0.4) is 0 Å². The fraction of sp³-hybridized carbons (Fsp3) is 0.647. The first-order chi connectivity index (χ1) is 8.69. The standard InChI is InChI=1S/C17H23Br/c1-17(10-4-5-11-17)16(18)15-9-8-13-6-2-3-7-14(13)12-15/h8-9,12,16H,2-7,10-11H2,1H3. The highest BCUT2D eigenvalue weighted by atomic mass is 79.9. The summed E-state index contributed by atoms with van der Waals surface area (Å²) in [5, 5.41) is 0. The topological polar surface area (TPSA) is 0 Å². The second-order valence-corrected chi connectivity index (χ2v) is 7.37. The van der Waals surface area contributed by atoms with Crippen molar-refractivity contribution in [1.82, 2.24) is 0 Å².